The van der Waals surface area contributed by atoms with Crippen molar-refractivity contribution in [1.82, 2.24) is 15.0 Å². The molecule has 0 aliphatic carbocycles. The molecule has 0 radical (unpaired) electrons. The highest BCUT2D eigenvalue weighted by Crippen LogP contribution is 2.32. The summed E-state index contributed by atoms with van der Waals surface area (Å²) in [5.41, 5.74) is 0.586. The van der Waals surface area contributed by atoms with Gasteiger partial charge in [-0.3, -0.25) is 4.90 Å². The lowest BCUT2D eigenvalue weighted by molar-refractivity contribution is -0.137. The molecular weight excluding hydrogens is 388 g/mol. The van der Waals surface area contributed by atoms with Crippen LogP contribution < -0.4 is 4.90 Å². The van der Waals surface area contributed by atoms with Gasteiger partial charge in [0.25, 0.3) is 0 Å². The van der Waals surface area contributed by atoms with Crippen LogP contribution in [0.25, 0.3) is 11.4 Å². The maximum absolute atomic E-state index is 13.0. The Morgan fingerprint density at radius 3 is 2.38 bits per heavy atom. The number of piperazine rings is 1. The zero-order valence-corrected chi connectivity index (χ0v) is 15.4. The SMILES string of the molecule is Fc1ccc(-c2noc(CN3CCN(c4cccc(C(F)(F)F)c4)CC3)n2)cc1. The third kappa shape index (κ3) is 4.56. The van der Waals surface area contributed by atoms with Crippen molar-refractivity contribution in [3.8, 4) is 11.4 Å². The normalized spacial score (nSPS) is 15.7. The Bertz CT molecular complexity index is 963. The van der Waals surface area contributed by atoms with Crippen LogP contribution >= 0.6 is 0 Å². The molecule has 1 aliphatic heterocycles. The first kappa shape index (κ1) is 19.4. The van der Waals surface area contributed by atoms with Gasteiger partial charge in [0.05, 0.1) is 12.1 Å². The van der Waals surface area contributed by atoms with Crippen LogP contribution in [0.3, 0.4) is 0 Å². The maximum Gasteiger partial charge on any atom is 0.416 e. The highest BCUT2D eigenvalue weighted by molar-refractivity contribution is 5.53. The summed E-state index contributed by atoms with van der Waals surface area (Å²) in [5.74, 6) is 0.496. The third-order valence-corrected chi connectivity index (χ3v) is 4.84. The number of halogens is 4. The molecule has 2 heterocycles. The van der Waals surface area contributed by atoms with Gasteiger partial charge in [-0.2, -0.15) is 18.2 Å². The van der Waals surface area contributed by atoms with Gasteiger partial charge in [0.2, 0.25) is 11.7 Å². The average molecular weight is 406 g/mol. The van der Waals surface area contributed by atoms with Crippen LogP contribution in [0.5, 0.6) is 0 Å². The van der Waals surface area contributed by atoms with Gasteiger partial charge in [0, 0.05) is 37.4 Å². The van der Waals surface area contributed by atoms with Gasteiger partial charge in [0.1, 0.15) is 5.82 Å². The zero-order chi connectivity index (χ0) is 20.4. The van der Waals surface area contributed by atoms with Crippen molar-refractivity contribution in [2.45, 2.75) is 12.7 Å². The number of benzene rings is 2. The number of aromatic nitrogens is 2. The average Bonchev–Trinajstić information content (AvgIpc) is 3.17. The number of nitrogens with zero attached hydrogens (tertiary/aromatic N) is 4. The number of alkyl halides is 3. The van der Waals surface area contributed by atoms with E-state index in [4.69, 9.17) is 4.52 Å². The van der Waals surface area contributed by atoms with E-state index in [0.717, 1.165) is 6.07 Å². The quantitative estimate of drug-likeness (QED) is 0.608. The van der Waals surface area contributed by atoms with E-state index in [1.807, 2.05) is 4.90 Å². The molecular formula is C20H18F4N4O. The van der Waals surface area contributed by atoms with E-state index in [2.05, 4.69) is 15.0 Å². The summed E-state index contributed by atoms with van der Waals surface area (Å²) in [6.45, 7) is 2.96. The van der Waals surface area contributed by atoms with E-state index in [1.165, 1.54) is 24.3 Å². The van der Waals surface area contributed by atoms with Crippen LogP contribution in [0.4, 0.5) is 23.2 Å². The predicted octanol–water partition coefficient (Wildman–Crippen LogP) is 4.22. The van der Waals surface area contributed by atoms with Crippen molar-refractivity contribution in [3.63, 3.8) is 0 Å². The summed E-state index contributed by atoms with van der Waals surface area (Å²) >= 11 is 0. The van der Waals surface area contributed by atoms with E-state index in [1.54, 1.807) is 18.2 Å². The molecule has 9 heteroatoms. The molecule has 5 nitrogen and oxygen atoms in total. The monoisotopic (exact) mass is 406 g/mol. The summed E-state index contributed by atoms with van der Waals surface area (Å²) in [6, 6.07) is 11.2. The molecule has 152 valence electrons. The Kier molecular flexibility index (Phi) is 5.23. The van der Waals surface area contributed by atoms with Gasteiger partial charge >= 0.3 is 6.18 Å². The summed E-state index contributed by atoms with van der Waals surface area (Å²) in [6.07, 6.45) is -4.35. The minimum Gasteiger partial charge on any atom is -0.369 e. The molecule has 1 fully saturated rings. The zero-order valence-electron chi connectivity index (χ0n) is 15.4. The molecule has 29 heavy (non-hydrogen) atoms. The van der Waals surface area contributed by atoms with Crippen LogP contribution in [0.1, 0.15) is 11.5 Å². The first-order valence-electron chi connectivity index (χ1n) is 9.11. The second-order valence-electron chi connectivity index (χ2n) is 6.83. The predicted molar refractivity (Wildman–Crippen MR) is 98.6 cm³/mol. The van der Waals surface area contributed by atoms with Gasteiger partial charge in [-0.15, -0.1) is 0 Å². The third-order valence-electron chi connectivity index (χ3n) is 4.84. The minimum atomic E-state index is -4.35. The van der Waals surface area contributed by atoms with E-state index in [9.17, 15) is 17.6 Å². The molecule has 1 aliphatic rings. The van der Waals surface area contributed by atoms with Crippen molar-refractivity contribution in [3.05, 3.63) is 65.8 Å². The molecule has 0 spiro atoms. The van der Waals surface area contributed by atoms with Crippen molar-refractivity contribution < 1.29 is 22.1 Å². The lowest BCUT2D eigenvalue weighted by Crippen LogP contribution is -2.46. The van der Waals surface area contributed by atoms with E-state index < -0.39 is 11.7 Å². The van der Waals surface area contributed by atoms with Crippen LogP contribution in [0, 0.1) is 5.82 Å². The van der Waals surface area contributed by atoms with Crippen LogP contribution in [-0.2, 0) is 12.7 Å². The fourth-order valence-corrected chi connectivity index (χ4v) is 3.27. The van der Waals surface area contributed by atoms with Crippen LogP contribution in [-0.4, -0.2) is 41.2 Å². The lowest BCUT2D eigenvalue weighted by atomic mass is 10.1. The first-order chi connectivity index (χ1) is 13.9. The Hall–Kier alpha value is -2.94. The van der Waals surface area contributed by atoms with Crippen molar-refractivity contribution in [2.75, 3.05) is 31.1 Å². The Balaban J connectivity index is 1.35. The summed E-state index contributed by atoms with van der Waals surface area (Å²) in [5, 5.41) is 3.92. The molecule has 2 aromatic carbocycles. The molecule has 0 saturated carbocycles. The Morgan fingerprint density at radius 1 is 0.966 bits per heavy atom. The Morgan fingerprint density at radius 2 is 1.69 bits per heavy atom. The highest BCUT2D eigenvalue weighted by atomic mass is 19.4. The van der Waals surface area contributed by atoms with Gasteiger partial charge in [-0.25, -0.2) is 4.39 Å². The molecule has 0 bridgehead atoms. The molecule has 0 amide bonds. The Labute approximate surface area is 164 Å². The molecule has 0 N–H and O–H groups in total. The fourth-order valence-electron chi connectivity index (χ4n) is 3.27. The van der Waals surface area contributed by atoms with Gasteiger partial charge < -0.3 is 9.42 Å². The minimum absolute atomic E-state index is 0.337. The van der Waals surface area contributed by atoms with Crippen LogP contribution in [0.15, 0.2) is 53.1 Å². The lowest BCUT2D eigenvalue weighted by Gasteiger charge is -2.35. The van der Waals surface area contributed by atoms with E-state index in [-0.39, 0.29) is 5.82 Å². The highest BCUT2D eigenvalue weighted by Gasteiger charge is 2.31. The molecule has 3 aromatic rings. The smallest absolute Gasteiger partial charge is 0.369 e. The van der Waals surface area contributed by atoms with Gasteiger partial charge in [0.15, 0.2) is 0 Å². The summed E-state index contributed by atoms with van der Waals surface area (Å²) < 4.78 is 57.0. The second kappa shape index (κ2) is 7.82. The number of anilines is 1. The van der Waals surface area contributed by atoms with Crippen molar-refractivity contribution >= 4 is 5.69 Å². The standard InChI is InChI=1S/C20H18F4N4O/c21-16-6-4-14(5-7-16)19-25-18(29-26-19)13-27-8-10-28(11-9-27)17-3-1-2-15(12-17)20(22,23)24/h1-7,12H,8-11,13H2. The molecule has 4 rings (SSSR count). The number of hydrogen-bond acceptors (Lipinski definition) is 5. The van der Waals surface area contributed by atoms with Crippen molar-refractivity contribution in [2.24, 2.45) is 0 Å². The number of hydrogen-bond donors (Lipinski definition) is 0. The fraction of sp³-hybridized carbons (Fsp3) is 0.300. The molecule has 0 atom stereocenters. The van der Waals surface area contributed by atoms with Gasteiger partial charge in [-0.1, -0.05) is 11.2 Å². The largest absolute Gasteiger partial charge is 0.416 e. The number of rotatable bonds is 4. The van der Waals surface area contributed by atoms with Crippen molar-refractivity contribution in [1.29, 1.82) is 0 Å². The van der Waals surface area contributed by atoms with E-state index >= 15 is 0 Å². The maximum atomic E-state index is 13.0. The molecule has 1 saturated heterocycles. The summed E-state index contributed by atoms with van der Waals surface area (Å²) in [4.78, 5) is 8.38. The molecule has 1 aromatic heterocycles. The van der Waals surface area contributed by atoms with Gasteiger partial charge in [-0.05, 0) is 42.5 Å². The second-order valence-corrected chi connectivity index (χ2v) is 6.83. The van der Waals surface area contributed by atoms with Crippen LogP contribution in [0.2, 0.25) is 0 Å². The molecule has 0 unspecified atom stereocenters. The first-order valence-corrected chi connectivity index (χ1v) is 9.11. The summed E-state index contributed by atoms with van der Waals surface area (Å²) in [7, 11) is 0. The van der Waals surface area contributed by atoms with E-state index in [0.29, 0.717) is 55.7 Å². The topological polar surface area (TPSA) is 45.4 Å².